The number of pyridine rings is 1. The summed E-state index contributed by atoms with van der Waals surface area (Å²) in [5, 5.41) is 4.83. The molecule has 0 saturated carbocycles. The van der Waals surface area contributed by atoms with Gasteiger partial charge in [-0.3, -0.25) is 9.25 Å². The molecule has 28 heavy (non-hydrogen) atoms. The Morgan fingerprint density at radius 3 is 2.71 bits per heavy atom. The van der Waals surface area contributed by atoms with Crippen LogP contribution in [0.25, 0.3) is 22.2 Å². The molecule has 0 radical (unpaired) electrons. The van der Waals surface area contributed by atoms with Crippen LogP contribution in [-0.4, -0.2) is 40.6 Å². The number of nitrogens with zero attached hydrogens (tertiary/aromatic N) is 4. The van der Waals surface area contributed by atoms with Gasteiger partial charge in [0.15, 0.2) is 0 Å². The summed E-state index contributed by atoms with van der Waals surface area (Å²) in [6, 6.07) is 4.75. The maximum Gasteiger partial charge on any atom is 0.388 e. The largest absolute Gasteiger partial charge is 0.415 e. The van der Waals surface area contributed by atoms with E-state index < -0.39 is 14.7 Å². The maximum absolute atomic E-state index is 12.8. The number of fused-ring (bicyclic) bond motifs is 1. The van der Waals surface area contributed by atoms with Crippen molar-refractivity contribution in [3.63, 3.8) is 0 Å². The number of ether oxygens (including phenoxy) is 2. The van der Waals surface area contributed by atoms with Gasteiger partial charge in [-0.2, -0.15) is 8.78 Å². The third-order valence-electron chi connectivity index (χ3n) is 4.24. The molecular weight excluding hydrogens is 450 g/mol. The van der Waals surface area contributed by atoms with E-state index in [0.717, 1.165) is 11.4 Å². The Kier molecular flexibility index (Phi) is 6.21. The molecule has 3 rings (SSSR count). The van der Waals surface area contributed by atoms with E-state index in [-0.39, 0.29) is 5.88 Å². The zero-order valence-corrected chi connectivity index (χ0v) is 18.8. The van der Waals surface area contributed by atoms with E-state index in [1.165, 1.54) is 4.68 Å². The van der Waals surface area contributed by atoms with E-state index >= 15 is 0 Å². The van der Waals surface area contributed by atoms with E-state index in [2.05, 4.69) is 50.4 Å². The average Bonchev–Trinajstić information content (AvgIpc) is 3.07. The third kappa shape index (κ3) is 4.61. The Labute approximate surface area is 171 Å². The minimum Gasteiger partial charge on any atom is -0.415 e. The maximum atomic E-state index is 12.8. The molecule has 152 valence electrons. The summed E-state index contributed by atoms with van der Waals surface area (Å²) in [6.07, 6.45) is 3.34. The van der Waals surface area contributed by atoms with Gasteiger partial charge in [-0.1, -0.05) is 19.6 Å². The minimum absolute atomic E-state index is 0.124. The fourth-order valence-electron chi connectivity index (χ4n) is 2.87. The molecule has 0 fully saturated rings. The third-order valence-corrected chi connectivity index (χ3v) is 6.77. The second kappa shape index (κ2) is 8.30. The smallest absolute Gasteiger partial charge is 0.388 e. The number of hydrogen-bond donors (Lipinski definition) is 0. The molecule has 6 nitrogen and oxygen atoms in total. The van der Waals surface area contributed by atoms with Crippen LogP contribution in [0.15, 0.2) is 29.1 Å². The van der Waals surface area contributed by atoms with Gasteiger partial charge >= 0.3 is 6.61 Å². The standard InChI is InChI=1S/C18H23BrF2N4O2Si/c1-24-10-13(17(23-24)27-18(20)21)14-12-6-5-7-22-16(12)25(15(14)19)11-26-8-9-28(2,3)4/h5-7,10,18H,8-9,11H2,1-4H3. The van der Waals surface area contributed by atoms with Crippen molar-refractivity contribution >= 4 is 35.0 Å². The number of alkyl halides is 2. The first-order valence-corrected chi connectivity index (χ1v) is 13.4. The van der Waals surface area contributed by atoms with Gasteiger partial charge in [0.05, 0.1) is 10.2 Å². The predicted molar refractivity (Wildman–Crippen MR) is 110 cm³/mol. The Morgan fingerprint density at radius 1 is 1.29 bits per heavy atom. The highest BCUT2D eigenvalue weighted by atomic mass is 79.9. The number of rotatable bonds is 8. The fraction of sp³-hybridized carbons (Fsp3) is 0.444. The summed E-state index contributed by atoms with van der Waals surface area (Å²) in [5.41, 5.74) is 1.86. The van der Waals surface area contributed by atoms with Gasteiger partial charge in [-0.05, 0) is 34.1 Å². The zero-order valence-electron chi connectivity index (χ0n) is 16.2. The molecule has 0 bridgehead atoms. The van der Waals surface area contributed by atoms with Crippen molar-refractivity contribution < 1.29 is 18.3 Å². The van der Waals surface area contributed by atoms with Crippen LogP contribution in [0.5, 0.6) is 5.88 Å². The van der Waals surface area contributed by atoms with E-state index in [1.807, 2.05) is 10.6 Å². The molecule has 0 aliphatic carbocycles. The van der Waals surface area contributed by atoms with Gasteiger partial charge in [-0.25, -0.2) is 4.98 Å². The number of halogens is 3. The van der Waals surface area contributed by atoms with Crippen LogP contribution >= 0.6 is 15.9 Å². The minimum atomic E-state index is -2.95. The van der Waals surface area contributed by atoms with Crippen molar-refractivity contribution in [3.8, 4) is 17.0 Å². The molecule has 0 unspecified atom stereocenters. The predicted octanol–water partition coefficient (Wildman–Crippen LogP) is 5.11. The molecule has 0 saturated heterocycles. The summed E-state index contributed by atoms with van der Waals surface area (Å²) >= 11 is 3.60. The van der Waals surface area contributed by atoms with Crippen LogP contribution in [0.3, 0.4) is 0 Å². The van der Waals surface area contributed by atoms with Crippen LogP contribution in [0.4, 0.5) is 8.78 Å². The normalized spacial score (nSPS) is 12.3. The quantitative estimate of drug-likeness (QED) is 0.337. The lowest BCUT2D eigenvalue weighted by atomic mass is 10.1. The van der Waals surface area contributed by atoms with E-state index in [4.69, 9.17) is 4.74 Å². The van der Waals surface area contributed by atoms with Gasteiger partial charge in [0, 0.05) is 45.1 Å². The van der Waals surface area contributed by atoms with E-state index in [1.54, 1.807) is 25.5 Å². The van der Waals surface area contributed by atoms with Crippen molar-refractivity contribution in [2.24, 2.45) is 7.05 Å². The SMILES string of the molecule is Cn1cc(-c2c(Br)n(COCC[Si](C)(C)C)c3ncccc23)c(OC(F)F)n1. The summed E-state index contributed by atoms with van der Waals surface area (Å²) in [6.45, 7) is 4.90. The van der Waals surface area contributed by atoms with Crippen LogP contribution in [0.2, 0.25) is 25.7 Å². The Morgan fingerprint density at radius 2 is 2.04 bits per heavy atom. The molecule has 3 aromatic rings. The lowest BCUT2D eigenvalue weighted by molar-refractivity contribution is -0.0527. The molecule has 0 aromatic carbocycles. The second-order valence-electron chi connectivity index (χ2n) is 7.72. The molecule has 0 spiro atoms. The Hall–Kier alpha value is -1.78. The van der Waals surface area contributed by atoms with Gasteiger partial charge in [0.25, 0.3) is 0 Å². The Balaban J connectivity index is 2.00. The highest BCUT2D eigenvalue weighted by molar-refractivity contribution is 9.10. The number of aryl methyl sites for hydroxylation is 1. The van der Waals surface area contributed by atoms with E-state index in [9.17, 15) is 8.78 Å². The van der Waals surface area contributed by atoms with Crippen molar-refractivity contribution in [3.05, 3.63) is 29.1 Å². The topological polar surface area (TPSA) is 54.1 Å². The molecule has 0 amide bonds. The summed E-state index contributed by atoms with van der Waals surface area (Å²) in [5.74, 6) is -0.124. The number of aromatic nitrogens is 4. The van der Waals surface area contributed by atoms with Crippen molar-refractivity contribution in [2.45, 2.75) is 39.0 Å². The van der Waals surface area contributed by atoms with Crippen LogP contribution in [0.1, 0.15) is 0 Å². The highest BCUT2D eigenvalue weighted by Crippen LogP contribution is 2.41. The van der Waals surface area contributed by atoms with Crippen molar-refractivity contribution in [1.29, 1.82) is 0 Å². The first-order chi connectivity index (χ1) is 13.2. The van der Waals surface area contributed by atoms with Crippen LogP contribution in [-0.2, 0) is 18.5 Å². The first kappa shape index (κ1) is 20.9. The fourth-order valence-corrected chi connectivity index (χ4v) is 4.32. The highest BCUT2D eigenvalue weighted by Gasteiger charge is 2.24. The second-order valence-corrected chi connectivity index (χ2v) is 14.1. The summed E-state index contributed by atoms with van der Waals surface area (Å²) in [7, 11) is 0.469. The van der Waals surface area contributed by atoms with Gasteiger partial charge in [0.1, 0.15) is 12.4 Å². The van der Waals surface area contributed by atoms with Crippen molar-refractivity contribution in [2.75, 3.05) is 6.61 Å². The van der Waals surface area contributed by atoms with Gasteiger partial charge < -0.3 is 9.47 Å². The van der Waals surface area contributed by atoms with Crippen molar-refractivity contribution in [1.82, 2.24) is 19.3 Å². The number of hydrogen-bond acceptors (Lipinski definition) is 4. The Bertz CT molecular complexity index is 969. The average molecular weight is 473 g/mol. The molecule has 0 atom stereocenters. The molecule has 3 heterocycles. The van der Waals surface area contributed by atoms with Gasteiger partial charge in [-0.15, -0.1) is 5.10 Å². The van der Waals surface area contributed by atoms with E-state index in [0.29, 0.717) is 34.7 Å². The lowest BCUT2D eigenvalue weighted by Crippen LogP contribution is -2.22. The summed E-state index contributed by atoms with van der Waals surface area (Å²) in [4.78, 5) is 4.46. The lowest BCUT2D eigenvalue weighted by Gasteiger charge is -2.16. The molecule has 10 heteroatoms. The first-order valence-electron chi connectivity index (χ1n) is 8.86. The van der Waals surface area contributed by atoms with Crippen LogP contribution < -0.4 is 4.74 Å². The van der Waals surface area contributed by atoms with Crippen LogP contribution in [0, 0.1) is 0 Å². The molecule has 0 N–H and O–H groups in total. The monoisotopic (exact) mass is 472 g/mol. The van der Waals surface area contributed by atoms with Gasteiger partial charge in [0.2, 0.25) is 5.88 Å². The molecule has 0 aliphatic heterocycles. The zero-order chi connectivity index (χ0) is 20.5. The molecular formula is C18H23BrF2N4O2Si. The molecule has 3 aromatic heterocycles. The summed E-state index contributed by atoms with van der Waals surface area (Å²) < 4.78 is 40.2. The molecule has 0 aliphatic rings.